The third kappa shape index (κ3) is 5.56. The molecule has 2 fully saturated rings. The number of hydrogen-bond donors (Lipinski definition) is 0. The molecule has 2 aromatic rings. The van der Waals surface area contributed by atoms with Gasteiger partial charge in [0.15, 0.2) is 0 Å². The highest BCUT2D eigenvalue weighted by Crippen LogP contribution is 2.26. The summed E-state index contributed by atoms with van der Waals surface area (Å²) < 4.78 is 2.05. The molecule has 186 valence electrons. The van der Waals surface area contributed by atoms with Crippen molar-refractivity contribution in [2.24, 2.45) is 0 Å². The molecular formula is C29H44N4O. The molecule has 0 saturated carbocycles. The predicted molar refractivity (Wildman–Crippen MR) is 140 cm³/mol. The van der Waals surface area contributed by atoms with E-state index in [1.54, 1.807) is 0 Å². The molecule has 2 saturated heterocycles. The lowest BCUT2D eigenvalue weighted by atomic mass is 10.0. The van der Waals surface area contributed by atoms with Gasteiger partial charge in [-0.2, -0.15) is 5.10 Å². The minimum absolute atomic E-state index is 0.190. The van der Waals surface area contributed by atoms with E-state index in [2.05, 4.69) is 59.5 Å². The number of aryl methyl sites for hydroxylation is 2. The number of benzene rings is 1. The molecule has 0 N–H and O–H groups in total. The maximum atomic E-state index is 13.8. The van der Waals surface area contributed by atoms with E-state index in [-0.39, 0.29) is 5.91 Å². The molecular weight excluding hydrogens is 420 g/mol. The van der Waals surface area contributed by atoms with Crippen LogP contribution in [0.2, 0.25) is 0 Å². The van der Waals surface area contributed by atoms with Gasteiger partial charge in [0, 0.05) is 19.1 Å². The van der Waals surface area contributed by atoms with Crippen LogP contribution in [0.5, 0.6) is 0 Å². The van der Waals surface area contributed by atoms with Crippen molar-refractivity contribution in [3.63, 3.8) is 0 Å². The van der Waals surface area contributed by atoms with Crippen LogP contribution >= 0.6 is 0 Å². The normalized spacial score (nSPS) is 17.6. The number of likely N-dealkylation sites (tertiary alicyclic amines) is 2. The highest BCUT2D eigenvalue weighted by molar-refractivity contribution is 5.96. The number of piperidine rings is 1. The number of nitrogens with zero attached hydrogens (tertiary/aromatic N) is 4. The molecule has 1 aromatic carbocycles. The summed E-state index contributed by atoms with van der Waals surface area (Å²) in [7, 11) is 0. The summed E-state index contributed by atoms with van der Waals surface area (Å²) in [5, 5.41) is 4.98. The lowest BCUT2D eigenvalue weighted by molar-refractivity contribution is 0.0642. The number of carbonyl (C=O) groups excluding carboxylic acids is 1. The monoisotopic (exact) mass is 464 g/mol. The second kappa shape index (κ2) is 12.0. The van der Waals surface area contributed by atoms with Crippen LogP contribution in [0.25, 0.3) is 5.69 Å². The van der Waals surface area contributed by atoms with E-state index in [1.807, 2.05) is 0 Å². The van der Waals surface area contributed by atoms with Crippen molar-refractivity contribution >= 4 is 5.91 Å². The molecule has 5 heteroatoms. The van der Waals surface area contributed by atoms with Crippen LogP contribution in [0.1, 0.15) is 99.4 Å². The largest absolute Gasteiger partial charge is 0.338 e. The fourth-order valence-electron chi connectivity index (χ4n) is 5.84. The van der Waals surface area contributed by atoms with Gasteiger partial charge in [-0.25, -0.2) is 4.68 Å². The topological polar surface area (TPSA) is 41.4 Å². The second-order valence-corrected chi connectivity index (χ2v) is 10.1. The van der Waals surface area contributed by atoms with Gasteiger partial charge in [0.2, 0.25) is 0 Å². The molecule has 1 amide bonds. The summed E-state index contributed by atoms with van der Waals surface area (Å²) in [6.45, 7) is 10.7. The minimum atomic E-state index is 0.190. The first-order valence-corrected chi connectivity index (χ1v) is 13.9. The molecule has 4 rings (SSSR count). The summed E-state index contributed by atoms with van der Waals surface area (Å²) in [5.74, 6) is 0.190. The number of carbonyl (C=O) groups is 1. The van der Waals surface area contributed by atoms with E-state index in [1.165, 1.54) is 57.2 Å². The first-order chi connectivity index (χ1) is 16.7. The third-order valence-electron chi connectivity index (χ3n) is 7.82. The van der Waals surface area contributed by atoms with Crippen molar-refractivity contribution < 1.29 is 4.79 Å². The summed E-state index contributed by atoms with van der Waals surface area (Å²) in [4.78, 5) is 18.5. The number of aromatic nitrogens is 2. The SMILES string of the molecule is CCCCCCc1cccc(-n2nc(CC)c(C(=O)N3CCC(N4CCCC4)CC3)c2CC)c1. The first-order valence-electron chi connectivity index (χ1n) is 13.9. The van der Waals surface area contributed by atoms with Crippen LogP contribution in [0.3, 0.4) is 0 Å². The summed E-state index contributed by atoms with van der Waals surface area (Å²) in [6.07, 6.45) is 12.6. The van der Waals surface area contributed by atoms with Crippen LogP contribution in [0, 0.1) is 0 Å². The van der Waals surface area contributed by atoms with E-state index in [0.717, 1.165) is 67.8 Å². The zero-order chi connectivity index (χ0) is 23.9. The number of rotatable bonds is 10. The highest BCUT2D eigenvalue weighted by Gasteiger charge is 2.31. The van der Waals surface area contributed by atoms with Gasteiger partial charge in [-0.3, -0.25) is 4.79 Å². The lowest BCUT2D eigenvalue weighted by Crippen LogP contribution is -2.46. The Balaban J connectivity index is 1.52. The molecule has 0 unspecified atom stereocenters. The smallest absolute Gasteiger partial charge is 0.257 e. The Bertz CT molecular complexity index is 936. The quantitative estimate of drug-likeness (QED) is 0.416. The number of unbranched alkanes of at least 4 members (excludes halogenated alkanes) is 3. The zero-order valence-corrected chi connectivity index (χ0v) is 21.7. The lowest BCUT2D eigenvalue weighted by Gasteiger charge is -2.36. The van der Waals surface area contributed by atoms with Gasteiger partial charge in [0.25, 0.3) is 5.91 Å². The van der Waals surface area contributed by atoms with E-state index in [9.17, 15) is 4.79 Å². The molecule has 0 aliphatic carbocycles. The molecule has 0 atom stereocenters. The van der Waals surface area contributed by atoms with E-state index < -0.39 is 0 Å². The van der Waals surface area contributed by atoms with Gasteiger partial charge in [0.1, 0.15) is 0 Å². The Kier molecular flexibility index (Phi) is 8.82. The molecule has 5 nitrogen and oxygen atoms in total. The second-order valence-electron chi connectivity index (χ2n) is 10.1. The Morgan fingerprint density at radius 1 is 0.971 bits per heavy atom. The van der Waals surface area contributed by atoms with Crippen LogP contribution < -0.4 is 0 Å². The standard InChI is InChI=1S/C29H44N4O/c1-4-7-8-9-13-23-14-12-15-25(22-23)33-27(6-3)28(26(5-2)30-33)29(34)32-20-16-24(17-21-32)31-18-10-11-19-31/h12,14-15,22,24H,4-11,13,16-21H2,1-3H3. The van der Waals surface area contributed by atoms with Crippen LogP contribution in [0.4, 0.5) is 0 Å². The van der Waals surface area contributed by atoms with Crippen molar-refractivity contribution in [3.8, 4) is 5.69 Å². The van der Waals surface area contributed by atoms with Gasteiger partial charge in [-0.1, -0.05) is 52.2 Å². The molecule has 34 heavy (non-hydrogen) atoms. The van der Waals surface area contributed by atoms with Gasteiger partial charge in [-0.15, -0.1) is 0 Å². The summed E-state index contributed by atoms with van der Waals surface area (Å²) in [6, 6.07) is 9.43. The third-order valence-corrected chi connectivity index (χ3v) is 7.82. The average Bonchev–Trinajstić information content (AvgIpc) is 3.55. The molecule has 1 aromatic heterocycles. The van der Waals surface area contributed by atoms with Crippen molar-refractivity contribution in [3.05, 3.63) is 46.8 Å². The molecule has 0 bridgehead atoms. The Hall–Kier alpha value is -2.14. The fourth-order valence-corrected chi connectivity index (χ4v) is 5.84. The maximum Gasteiger partial charge on any atom is 0.257 e. The molecule has 2 aliphatic rings. The van der Waals surface area contributed by atoms with E-state index >= 15 is 0 Å². The molecule has 0 radical (unpaired) electrons. The predicted octanol–water partition coefficient (Wildman–Crippen LogP) is 5.82. The zero-order valence-electron chi connectivity index (χ0n) is 21.7. The van der Waals surface area contributed by atoms with Crippen molar-refractivity contribution in [2.45, 2.75) is 97.4 Å². The van der Waals surface area contributed by atoms with Gasteiger partial charge >= 0.3 is 0 Å². The average molecular weight is 465 g/mol. The maximum absolute atomic E-state index is 13.8. The minimum Gasteiger partial charge on any atom is -0.338 e. The van der Waals surface area contributed by atoms with Gasteiger partial charge < -0.3 is 9.80 Å². The van der Waals surface area contributed by atoms with Gasteiger partial charge in [0.05, 0.1) is 22.6 Å². The Morgan fingerprint density at radius 2 is 1.74 bits per heavy atom. The van der Waals surface area contributed by atoms with Crippen LogP contribution in [-0.4, -0.2) is 57.7 Å². The van der Waals surface area contributed by atoms with E-state index in [4.69, 9.17) is 5.10 Å². The Labute approximate surface area is 206 Å². The fraction of sp³-hybridized carbons (Fsp3) is 0.655. The summed E-state index contributed by atoms with van der Waals surface area (Å²) in [5.41, 5.74) is 5.31. The molecule has 3 heterocycles. The van der Waals surface area contributed by atoms with Crippen molar-refractivity contribution in [1.82, 2.24) is 19.6 Å². The van der Waals surface area contributed by atoms with Crippen LogP contribution in [0.15, 0.2) is 24.3 Å². The van der Waals surface area contributed by atoms with Crippen molar-refractivity contribution in [1.29, 1.82) is 0 Å². The summed E-state index contributed by atoms with van der Waals surface area (Å²) >= 11 is 0. The van der Waals surface area contributed by atoms with Crippen LogP contribution in [-0.2, 0) is 19.3 Å². The van der Waals surface area contributed by atoms with E-state index in [0.29, 0.717) is 6.04 Å². The highest BCUT2D eigenvalue weighted by atomic mass is 16.2. The van der Waals surface area contributed by atoms with Gasteiger partial charge in [-0.05, 0) is 82.2 Å². The van der Waals surface area contributed by atoms with Crippen molar-refractivity contribution in [2.75, 3.05) is 26.2 Å². The Morgan fingerprint density at radius 3 is 2.41 bits per heavy atom. The first kappa shape index (κ1) is 25.0. The molecule has 2 aliphatic heterocycles. The molecule has 0 spiro atoms. The number of hydrogen-bond acceptors (Lipinski definition) is 3. The number of amides is 1.